The minimum absolute atomic E-state index is 0.0604. The van der Waals surface area contributed by atoms with Crippen molar-refractivity contribution in [3.05, 3.63) is 0 Å². The van der Waals surface area contributed by atoms with Crippen molar-refractivity contribution in [1.29, 1.82) is 0 Å². The second-order valence-electron chi connectivity index (χ2n) is 25.0. The number of hydrogen-bond acceptors (Lipinski definition) is 10. The highest BCUT2D eigenvalue weighted by Crippen LogP contribution is 2.62. The summed E-state index contributed by atoms with van der Waals surface area (Å²) in [4.78, 5) is 30.3. The molecule has 13 heteroatoms. The number of carbonyl (C=O) groups excluding carboxylic acids is 2. The third-order valence-electron chi connectivity index (χ3n) is 19.0. The van der Waals surface area contributed by atoms with Crippen molar-refractivity contribution >= 4 is 27.7 Å². The van der Waals surface area contributed by atoms with Crippen LogP contribution in [-0.2, 0) is 23.8 Å². The number of aliphatic hydroxyl groups is 2. The van der Waals surface area contributed by atoms with Gasteiger partial charge in [-0.25, -0.2) is 0 Å². The second kappa shape index (κ2) is 27.1. The quantitative estimate of drug-likeness (QED) is 0.0851. The first-order chi connectivity index (χ1) is 33.5. The summed E-state index contributed by atoms with van der Waals surface area (Å²) in [7, 11) is 0. The number of carbonyl (C=O) groups is 2. The van der Waals surface area contributed by atoms with E-state index >= 15 is 0 Å². The lowest BCUT2D eigenvalue weighted by Crippen LogP contribution is -2.49. The zero-order valence-corrected chi connectivity index (χ0v) is 44.6. The van der Waals surface area contributed by atoms with Gasteiger partial charge in [0, 0.05) is 75.6 Å². The van der Waals surface area contributed by atoms with Crippen LogP contribution in [0.1, 0.15) is 180 Å². The maximum atomic E-state index is 12.9. The number of rotatable bonds is 14. The fourth-order valence-electron chi connectivity index (χ4n) is 16.4. The summed E-state index contributed by atoms with van der Waals surface area (Å²) in [6.45, 7) is 11.2. The van der Waals surface area contributed by atoms with Gasteiger partial charge in [-0.05, 0) is 220 Å². The Labute approximate surface area is 426 Å². The second-order valence-corrected chi connectivity index (χ2v) is 25.8. The maximum Gasteiger partial charge on any atom is 0.220 e. The van der Waals surface area contributed by atoms with Crippen molar-refractivity contribution in [2.45, 2.75) is 216 Å². The normalized spacial score (nSPS) is 40.3. The number of alkyl halides is 1. The fourth-order valence-corrected chi connectivity index (χ4v) is 16.7. The van der Waals surface area contributed by atoms with Gasteiger partial charge in [0.15, 0.2) is 0 Å². The molecule has 13 rings (SSSR count). The molecular weight excluding hydrogens is 935 g/mol. The minimum Gasteiger partial charge on any atom is -0.393 e. The Morgan fingerprint density at radius 1 is 0.551 bits per heavy atom. The SMILES string of the molecule is BrCCCN1CCOCC1.NC1CCC(O)CC1.O=C(CC12CC3CC(CC(C3)C1)C2)NC1CCC(O)CC1.O=C(CC12CC3CC(CC(C3)C1)C2)NC1CCC(OCCCN2CCOCC2)CC1. The van der Waals surface area contributed by atoms with E-state index in [2.05, 4.69) is 36.4 Å². The Hall–Kier alpha value is -0.900. The molecule has 8 bridgehead atoms. The Bertz CT molecular complexity index is 1440. The lowest BCUT2D eigenvalue weighted by Gasteiger charge is -2.56. The van der Waals surface area contributed by atoms with Crippen molar-refractivity contribution in [3.8, 4) is 0 Å². The summed E-state index contributed by atoms with van der Waals surface area (Å²) < 4.78 is 16.8. The molecule has 69 heavy (non-hydrogen) atoms. The van der Waals surface area contributed by atoms with Crippen molar-refractivity contribution in [2.24, 2.45) is 52.1 Å². The lowest BCUT2D eigenvalue weighted by atomic mass is 9.49. The first kappa shape index (κ1) is 54.4. The van der Waals surface area contributed by atoms with Crippen LogP contribution in [0.3, 0.4) is 0 Å². The van der Waals surface area contributed by atoms with E-state index in [4.69, 9.17) is 25.1 Å². The third-order valence-corrected chi connectivity index (χ3v) is 19.6. The third kappa shape index (κ3) is 17.3. The summed E-state index contributed by atoms with van der Waals surface area (Å²) in [6, 6.07) is 1.05. The summed E-state index contributed by atoms with van der Waals surface area (Å²) in [5, 5.41) is 26.3. The number of aliphatic hydroxyl groups excluding tert-OH is 2. The van der Waals surface area contributed by atoms with Crippen LogP contribution in [0.4, 0.5) is 0 Å². The van der Waals surface area contributed by atoms with E-state index < -0.39 is 0 Å². The highest BCUT2D eigenvalue weighted by atomic mass is 79.9. The van der Waals surface area contributed by atoms with Crippen LogP contribution in [0.15, 0.2) is 0 Å². The number of nitrogens with zero attached hydrogens (tertiary/aromatic N) is 2. The molecule has 0 unspecified atom stereocenters. The molecule has 0 spiro atoms. The predicted octanol–water partition coefficient (Wildman–Crippen LogP) is 8.12. The molecule has 13 aliphatic rings. The highest BCUT2D eigenvalue weighted by Gasteiger charge is 2.53. The molecule has 396 valence electrons. The smallest absolute Gasteiger partial charge is 0.220 e. The van der Waals surface area contributed by atoms with Crippen LogP contribution in [0, 0.1) is 46.3 Å². The topological polar surface area (TPSA) is 159 Å². The molecule has 0 aromatic carbocycles. The van der Waals surface area contributed by atoms with Gasteiger partial charge in [0.25, 0.3) is 0 Å². The van der Waals surface area contributed by atoms with Crippen LogP contribution in [0.2, 0.25) is 0 Å². The molecule has 0 aromatic rings. The van der Waals surface area contributed by atoms with Crippen LogP contribution in [-0.4, -0.2) is 146 Å². The van der Waals surface area contributed by atoms with Gasteiger partial charge >= 0.3 is 0 Å². The highest BCUT2D eigenvalue weighted by molar-refractivity contribution is 9.09. The molecular formula is C56H98BrN5O7. The van der Waals surface area contributed by atoms with Gasteiger partial charge in [-0.3, -0.25) is 19.4 Å². The monoisotopic (exact) mass is 1030 g/mol. The van der Waals surface area contributed by atoms with Gasteiger partial charge in [0.05, 0.1) is 44.7 Å². The molecule has 2 amide bonds. The van der Waals surface area contributed by atoms with Gasteiger partial charge in [-0.1, -0.05) is 15.9 Å². The number of halogens is 1. The fraction of sp³-hybridized carbons (Fsp3) is 0.964. The zero-order chi connectivity index (χ0) is 48.1. The Morgan fingerprint density at radius 3 is 1.29 bits per heavy atom. The van der Waals surface area contributed by atoms with E-state index in [0.717, 1.165) is 203 Å². The molecule has 0 atom stereocenters. The van der Waals surface area contributed by atoms with E-state index in [0.29, 0.717) is 46.9 Å². The minimum atomic E-state index is -0.138. The van der Waals surface area contributed by atoms with Crippen LogP contribution in [0.25, 0.3) is 0 Å². The number of amides is 2. The lowest BCUT2D eigenvalue weighted by molar-refractivity contribution is -0.131. The van der Waals surface area contributed by atoms with Gasteiger partial charge < -0.3 is 40.8 Å². The van der Waals surface area contributed by atoms with Crippen LogP contribution in [0.5, 0.6) is 0 Å². The standard InChI is InChI=1S/C25H42N2O3.C18H29NO2.C7H14BrNO.C6H13NO/c28-24(18-25-15-19-12-20(16-25)14-21(13-19)17-25)26-22-2-4-23(5-3-22)30-9-1-6-27-7-10-29-11-8-27;20-16-3-1-15(2-4-16)19-17(21)11-18-8-12-5-13(9-18)7-14(6-12)10-18;8-2-1-3-9-4-6-10-7-5-9;7-5-1-3-6(8)4-2-5/h19-23H,1-18H2,(H,26,28);12-16,20H,1-11H2,(H,19,21);1-7H2;5-6,8H,1-4,7H2. The molecule has 2 aliphatic heterocycles. The van der Waals surface area contributed by atoms with Crippen molar-refractivity contribution in [3.63, 3.8) is 0 Å². The molecule has 6 N–H and O–H groups in total. The van der Waals surface area contributed by atoms with Gasteiger partial charge in [-0.15, -0.1) is 0 Å². The molecule has 2 heterocycles. The predicted molar refractivity (Wildman–Crippen MR) is 277 cm³/mol. The number of hydrogen-bond donors (Lipinski definition) is 5. The van der Waals surface area contributed by atoms with Crippen molar-refractivity contribution in [1.82, 2.24) is 20.4 Å². The molecule has 0 aromatic heterocycles. The number of nitrogens with one attached hydrogen (secondary N) is 2. The van der Waals surface area contributed by atoms with Gasteiger partial charge in [0.2, 0.25) is 11.8 Å². The average molecular weight is 1030 g/mol. The largest absolute Gasteiger partial charge is 0.393 e. The number of nitrogens with two attached hydrogens (primary N) is 1. The van der Waals surface area contributed by atoms with Gasteiger partial charge in [-0.2, -0.15) is 0 Å². The molecule has 0 radical (unpaired) electrons. The van der Waals surface area contributed by atoms with Gasteiger partial charge in [0.1, 0.15) is 0 Å². The molecule has 2 saturated heterocycles. The van der Waals surface area contributed by atoms with E-state index in [1.165, 1.54) is 90.0 Å². The molecule has 12 nitrogen and oxygen atoms in total. The summed E-state index contributed by atoms with van der Waals surface area (Å²) in [5.41, 5.74) is 6.30. The van der Waals surface area contributed by atoms with E-state index in [9.17, 15) is 14.7 Å². The van der Waals surface area contributed by atoms with Crippen LogP contribution >= 0.6 is 15.9 Å². The first-order valence-electron chi connectivity index (χ1n) is 29.0. The molecule has 11 saturated carbocycles. The summed E-state index contributed by atoms with van der Waals surface area (Å²) in [6.07, 6.45) is 32.6. The van der Waals surface area contributed by atoms with E-state index in [1.54, 1.807) is 0 Å². The summed E-state index contributed by atoms with van der Waals surface area (Å²) >= 11 is 3.42. The maximum absolute atomic E-state index is 12.9. The Kier molecular flexibility index (Phi) is 21.3. The number of morpholine rings is 2. The summed E-state index contributed by atoms with van der Waals surface area (Å²) in [5.74, 6) is 6.20. The van der Waals surface area contributed by atoms with Crippen LogP contribution < -0.4 is 16.4 Å². The Balaban J connectivity index is 0.000000141. The van der Waals surface area contributed by atoms with E-state index in [-0.39, 0.29) is 12.2 Å². The Morgan fingerprint density at radius 2 is 0.913 bits per heavy atom. The van der Waals surface area contributed by atoms with Crippen molar-refractivity contribution in [2.75, 3.05) is 77.6 Å². The van der Waals surface area contributed by atoms with Crippen molar-refractivity contribution < 1.29 is 34.0 Å². The van der Waals surface area contributed by atoms with E-state index in [1.807, 2.05) is 0 Å². The average Bonchev–Trinajstić information content (AvgIpc) is 3.32. The molecule has 13 fully saturated rings. The molecule has 11 aliphatic carbocycles. The first-order valence-corrected chi connectivity index (χ1v) is 30.1. The number of ether oxygens (including phenoxy) is 3. The zero-order valence-electron chi connectivity index (χ0n) is 43.0.